The number of aliphatic hydroxyl groups excluding tert-OH is 1. The molecule has 1 aliphatic heterocycles. The van der Waals surface area contributed by atoms with E-state index in [1.54, 1.807) is 21.3 Å². The average molecular weight is 492 g/mol. The fraction of sp³-hybridized carbons (Fsp3) is 0.458. The quantitative estimate of drug-likeness (QED) is 0.587. The molecule has 3 rings (SSSR count). The van der Waals surface area contributed by atoms with E-state index in [0.717, 1.165) is 40.6 Å². The molecule has 2 atom stereocenters. The summed E-state index contributed by atoms with van der Waals surface area (Å²) in [6.45, 7) is 0.712. The maximum Gasteiger partial charge on any atom is 0.227 e. The summed E-state index contributed by atoms with van der Waals surface area (Å²) in [6.07, 6.45) is 3.09. The Morgan fingerprint density at radius 3 is 2.42 bits per heavy atom. The zero-order valence-electron chi connectivity index (χ0n) is 18.3. The maximum atomic E-state index is 13.2. The molecular weight excluding hydrogens is 462 g/mol. The molecule has 1 unspecified atom stereocenters. The summed E-state index contributed by atoms with van der Waals surface area (Å²) in [5.41, 5.74) is 1.68. The Balaban J connectivity index is 1.71. The van der Waals surface area contributed by atoms with Crippen LogP contribution in [0, 0.1) is 0 Å². The van der Waals surface area contributed by atoms with Gasteiger partial charge >= 0.3 is 0 Å². The van der Waals surface area contributed by atoms with Crippen molar-refractivity contribution in [3.63, 3.8) is 0 Å². The molecule has 1 amide bonds. The first-order valence-electron chi connectivity index (χ1n) is 10.5. The Hall–Kier alpha value is -2.25. The summed E-state index contributed by atoms with van der Waals surface area (Å²) >= 11 is 3.54. The van der Waals surface area contributed by atoms with Gasteiger partial charge in [0.1, 0.15) is 5.75 Å². The van der Waals surface area contributed by atoms with Crippen LogP contribution in [-0.4, -0.2) is 49.8 Å². The number of carbonyl (C=O) groups is 1. The molecule has 0 aliphatic carbocycles. The number of carbonyl (C=O) groups excluding carboxylic acids is 1. The molecule has 31 heavy (non-hydrogen) atoms. The van der Waals surface area contributed by atoms with Gasteiger partial charge in [-0.1, -0.05) is 28.1 Å². The van der Waals surface area contributed by atoms with Gasteiger partial charge in [0.2, 0.25) is 5.91 Å². The molecule has 168 valence electrons. The second-order valence-corrected chi connectivity index (χ2v) is 8.59. The van der Waals surface area contributed by atoms with E-state index in [2.05, 4.69) is 15.9 Å². The highest BCUT2D eigenvalue weighted by atomic mass is 79.9. The molecule has 6 nitrogen and oxygen atoms in total. The number of rotatable bonds is 8. The molecule has 0 aromatic heterocycles. The monoisotopic (exact) mass is 491 g/mol. The summed E-state index contributed by atoms with van der Waals surface area (Å²) < 4.78 is 16.7. The lowest BCUT2D eigenvalue weighted by Crippen LogP contribution is -2.45. The van der Waals surface area contributed by atoms with Gasteiger partial charge in [0.15, 0.2) is 11.5 Å². The van der Waals surface area contributed by atoms with Crippen molar-refractivity contribution in [2.24, 2.45) is 0 Å². The smallest absolute Gasteiger partial charge is 0.227 e. The van der Waals surface area contributed by atoms with Crippen LogP contribution in [0.3, 0.4) is 0 Å². The van der Waals surface area contributed by atoms with Crippen molar-refractivity contribution in [3.05, 3.63) is 52.0 Å². The fourth-order valence-electron chi connectivity index (χ4n) is 4.09. The SMILES string of the molecule is COc1ccc(C(O)C[C@H]2CCCCN2C(=O)Cc2cc(OC)c(OC)cc2Br)cc1. The van der Waals surface area contributed by atoms with Gasteiger partial charge in [-0.15, -0.1) is 0 Å². The van der Waals surface area contributed by atoms with Crippen LogP contribution in [0.15, 0.2) is 40.9 Å². The number of nitrogens with zero attached hydrogens (tertiary/aromatic N) is 1. The first-order chi connectivity index (χ1) is 15.0. The minimum Gasteiger partial charge on any atom is -0.497 e. The summed E-state index contributed by atoms with van der Waals surface area (Å²) in [6, 6.07) is 11.1. The Labute approximate surface area is 192 Å². The molecule has 1 aliphatic rings. The molecule has 1 heterocycles. The second kappa shape index (κ2) is 10.9. The Kier molecular flexibility index (Phi) is 8.21. The van der Waals surface area contributed by atoms with Gasteiger partial charge in [0, 0.05) is 17.1 Å². The van der Waals surface area contributed by atoms with Crippen molar-refractivity contribution >= 4 is 21.8 Å². The summed E-state index contributed by atoms with van der Waals surface area (Å²) in [4.78, 5) is 15.2. The van der Waals surface area contributed by atoms with Crippen molar-refractivity contribution in [1.29, 1.82) is 0 Å². The summed E-state index contributed by atoms with van der Waals surface area (Å²) in [7, 11) is 4.79. The van der Waals surface area contributed by atoms with Crippen LogP contribution < -0.4 is 14.2 Å². The van der Waals surface area contributed by atoms with Crippen molar-refractivity contribution in [2.45, 2.75) is 44.2 Å². The molecule has 0 radical (unpaired) electrons. The average Bonchev–Trinajstić information content (AvgIpc) is 2.80. The van der Waals surface area contributed by atoms with Crippen molar-refractivity contribution in [2.75, 3.05) is 27.9 Å². The molecule has 1 saturated heterocycles. The minimum atomic E-state index is -0.628. The topological polar surface area (TPSA) is 68.2 Å². The molecule has 1 fully saturated rings. The lowest BCUT2D eigenvalue weighted by atomic mass is 9.93. The van der Waals surface area contributed by atoms with Crippen molar-refractivity contribution in [1.82, 2.24) is 4.90 Å². The number of halogens is 1. The van der Waals surface area contributed by atoms with Crippen molar-refractivity contribution < 1.29 is 24.1 Å². The third-order valence-electron chi connectivity index (χ3n) is 5.84. The first kappa shape index (κ1) is 23.4. The van der Waals surface area contributed by atoms with Gasteiger partial charge in [-0.2, -0.15) is 0 Å². The lowest BCUT2D eigenvalue weighted by Gasteiger charge is -2.37. The molecule has 7 heteroatoms. The van der Waals surface area contributed by atoms with E-state index in [-0.39, 0.29) is 18.4 Å². The summed E-state index contributed by atoms with van der Waals surface area (Å²) in [5.74, 6) is 2.02. The molecule has 0 spiro atoms. The fourth-order valence-corrected chi connectivity index (χ4v) is 4.55. The number of methoxy groups -OCH3 is 3. The highest BCUT2D eigenvalue weighted by Crippen LogP contribution is 2.34. The van der Waals surface area contributed by atoms with Crippen LogP contribution in [0.1, 0.15) is 42.9 Å². The third-order valence-corrected chi connectivity index (χ3v) is 6.58. The van der Waals surface area contributed by atoms with Crippen LogP contribution in [0.5, 0.6) is 17.2 Å². The highest BCUT2D eigenvalue weighted by Gasteiger charge is 2.29. The number of hydrogen-bond donors (Lipinski definition) is 1. The zero-order valence-corrected chi connectivity index (χ0v) is 19.9. The van der Waals surface area contributed by atoms with E-state index in [9.17, 15) is 9.90 Å². The van der Waals surface area contributed by atoms with Crippen molar-refractivity contribution in [3.8, 4) is 17.2 Å². The third kappa shape index (κ3) is 5.71. The predicted molar refractivity (Wildman–Crippen MR) is 123 cm³/mol. The second-order valence-electron chi connectivity index (χ2n) is 7.74. The number of aliphatic hydroxyl groups is 1. The largest absolute Gasteiger partial charge is 0.497 e. The number of ether oxygens (including phenoxy) is 3. The Bertz CT molecular complexity index is 886. The van der Waals surface area contributed by atoms with E-state index in [4.69, 9.17) is 14.2 Å². The zero-order chi connectivity index (χ0) is 22.4. The number of benzene rings is 2. The van der Waals surface area contributed by atoms with Crippen LogP contribution in [0.25, 0.3) is 0 Å². The number of likely N-dealkylation sites (tertiary alicyclic amines) is 1. The first-order valence-corrected chi connectivity index (χ1v) is 11.3. The van der Waals surface area contributed by atoms with E-state index < -0.39 is 6.10 Å². The Morgan fingerprint density at radius 1 is 1.10 bits per heavy atom. The minimum absolute atomic E-state index is 0.0114. The van der Waals surface area contributed by atoms with Crippen LogP contribution in [0.4, 0.5) is 0 Å². The molecular formula is C24H30BrNO5. The van der Waals surface area contributed by atoms with Gasteiger partial charge in [0.25, 0.3) is 0 Å². The van der Waals surface area contributed by atoms with E-state index in [1.165, 1.54) is 0 Å². The highest BCUT2D eigenvalue weighted by molar-refractivity contribution is 9.10. The Morgan fingerprint density at radius 2 is 1.77 bits per heavy atom. The van der Waals surface area contributed by atoms with Gasteiger partial charge in [0.05, 0.1) is 33.9 Å². The standard InChI is InChI=1S/C24H30BrNO5/c1-29-19-9-7-16(8-10-19)21(27)14-18-6-4-5-11-26(18)24(28)13-17-12-22(30-2)23(31-3)15-20(17)25/h7-10,12,15,18,21,27H,4-6,11,13-14H2,1-3H3/t18-,21?/m1/s1. The normalized spacial score (nSPS) is 17.2. The predicted octanol–water partition coefficient (Wildman–Crippen LogP) is 4.52. The lowest BCUT2D eigenvalue weighted by molar-refractivity contribution is -0.134. The number of piperidine rings is 1. The van der Waals surface area contributed by atoms with Gasteiger partial charge < -0.3 is 24.2 Å². The van der Waals surface area contributed by atoms with Crippen LogP contribution >= 0.6 is 15.9 Å². The van der Waals surface area contributed by atoms with Gasteiger partial charge in [-0.25, -0.2) is 0 Å². The molecule has 2 aromatic rings. The van der Waals surface area contributed by atoms with E-state index in [1.807, 2.05) is 41.3 Å². The van der Waals surface area contributed by atoms with E-state index in [0.29, 0.717) is 24.5 Å². The van der Waals surface area contributed by atoms with Crippen LogP contribution in [-0.2, 0) is 11.2 Å². The van der Waals surface area contributed by atoms with Crippen LogP contribution in [0.2, 0.25) is 0 Å². The molecule has 0 saturated carbocycles. The summed E-state index contributed by atoms with van der Waals surface area (Å²) in [5, 5.41) is 10.8. The van der Waals surface area contributed by atoms with E-state index >= 15 is 0 Å². The maximum absolute atomic E-state index is 13.2. The molecule has 1 N–H and O–H groups in total. The van der Waals surface area contributed by atoms with Gasteiger partial charge in [-0.05, 0) is 61.1 Å². The number of hydrogen-bond acceptors (Lipinski definition) is 5. The molecule has 2 aromatic carbocycles. The van der Waals surface area contributed by atoms with Gasteiger partial charge in [-0.3, -0.25) is 4.79 Å². The molecule has 0 bridgehead atoms. The number of amides is 1.